The summed E-state index contributed by atoms with van der Waals surface area (Å²) in [7, 11) is 0. The Morgan fingerprint density at radius 2 is 1.61 bits per heavy atom. The Bertz CT molecular complexity index is 1430. The van der Waals surface area contributed by atoms with E-state index in [0.29, 0.717) is 48.2 Å². The Balaban J connectivity index is 1.53. The molecule has 2 aromatic heterocycles. The van der Waals surface area contributed by atoms with Crippen LogP contribution in [0.15, 0.2) is 71.5 Å². The van der Waals surface area contributed by atoms with Crippen LogP contribution in [0, 0.1) is 6.92 Å². The van der Waals surface area contributed by atoms with Gasteiger partial charge >= 0.3 is 0 Å². The quantitative estimate of drug-likeness (QED) is 0.314. The average Bonchev–Trinajstić information content (AvgIpc) is 2.87. The number of carbonyl (C=O) groups excluding carboxylic acids is 2. The molecule has 0 aliphatic rings. The molecular weight excluding hydrogens is 456 g/mol. The van der Waals surface area contributed by atoms with Crippen LogP contribution in [0.5, 0.6) is 0 Å². The summed E-state index contributed by atoms with van der Waals surface area (Å²) in [6.07, 6.45) is 0.746. The van der Waals surface area contributed by atoms with Crippen LogP contribution in [0.25, 0.3) is 16.7 Å². The van der Waals surface area contributed by atoms with Gasteiger partial charge in [0.15, 0.2) is 5.65 Å². The van der Waals surface area contributed by atoms with Crippen LogP contribution >= 0.6 is 0 Å². The van der Waals surface area contributed by atoms with Crippen molar-refractivity contribution >= 4 is 28.8 Å². The first-order valence-electron chi connectivity index (χ1n) is 11.7. The highest BCUT2D eigenvalue weighted by Gasteiger charge is 2.13. The van der Waals surface area contributed by atoms with Crippen molar-refractivity contribution in [2.45, 2.75) is 20.3 Å². The molecule has 0 saturated heterocycles. The summed E-state index contributed by atoms with van der Waals surface area (Å²) in [6, 6.07) is 20.0. The third-order valence-electron chi connectivity index (χ3n) is 5.65. The highest BCUT2D eigenvalue weighted by Crippen LogP contribution is 2.19. The molecule has 0 atom stereocenters. The van der Waals surface area contributed by atoms with Crippen molar-refractivity contribution in [2.24, 2.45) is 0 Å². The number of benzene rings is 2. The van der Waals surface area contributed by atoms with Gasteiger partial charge in [0.2, 0.25) is 11.9 Å². The Morgan fingerprint density at radius 3 is 2.33 bits per heavy atom. The summed E-state index contributed by atoms with van der Waals surface area (Å²) >= 11 is 0. The minimum absolute atomic E-state index is 0.116. The van der Waals surface area contributed by atoms with Crippen molar-refractivity contribution in [1.82, 2.24) is 25.2 Å². The lowest BCUT2D eigenvalue weighted by molar-refractivity contribution is -0.118. The Kier molecular flexibility index (Phi) is 7.69. The van der Waals surface area contributed by atoms with Gasteiger partial charge < -0.3 is 16.0 Å². The summed E-state index contributed by atoms with van der Waals surface area (Å²) in [5.74, 6) is 0.0697. The lowest BCUT2D eigenvalue weighted by atomic mass is 10.1. The second-order valence-corrected chi connectivity index (χ2v) is 8.32. The van der Waals surface area contributed by atoms with Crippen molar-refractivity contribution in [3.63, 3.8) is 0 Å². The fourth-order valence-electron chi connectivity index (χ4n) is 3.84. The second-order valence-electron chi connectivity index (χ2n) is 8.32. The van der Waals surface area contributed by atoms with Gasteiger partial charge in [0.25, 0.3) is 11.5 Å². The Morgan fingerprint density at radius 1 is 0.861 bits per heavy atom. The van der Waals surface area contributed by atoms with E-state index < -0.39 is 0 Å². The predicted molar refractivity (Wildman–Crippen MR) is 140 cm³/mol. The molecule has 0 aliphatic heterocycles. The van der Waals surface area contributed by atoms with E-state index in [1.54, 1.807) is 30.3 Å². The number of rotatable bonds is 9. The zero-order valence-electron chi connectivity index (χ0n) is 20.2. The number of hydrogen-bond donors (Lipinski definition) is 3. The third kappa shape index (κ3) is 5.93. The summed E-state index contributed by atoms with van der Waals surface area (Å²) in [5.41, 5.74) is 3.18. The van der Waals surface area contributed by atoms with Crippen LogP contribution in [0.2, 0.25) is 0 Å². The molecule has 2 amide bonds. The zero-order chi connectivity index (χ0) is 25.5. The van der Waals surface area contributed by atoms with Crippen molar-refractivity contribution < 1.29 is 9.59 Å². The van der Waals surface area contributed by atoms with E-state index in [0.717, 1.165) is 17.4 Å². The largest absolute Gasteiger partial charge is 0.355 e. The van der Waals surface area contributed by atoms with E-state index in [1.807, 2.05) is 37.3 Å². The molecule has 0 radical (unpaired) electrons. The normalized spacial score (nSPS) is 10.7. The van der Waals surface area contributed by atoms with Crippen LogP contribution in [0.1, 0.15) is 28.5 Å². The molecule has 2 aromatic carbocycles. The van der Waals surface area contributed by atoms with Gasteiger partial charge in [-0.3, -0.25) is 19.0 Å². The van der Waals surface area contributed by atoms with Gasteiger partial charge in [-0.15, -0.1) is 0 Å². The Labute approximate surface area is 208 Å². The number of pyridine rings is 1. The molecule has 4 aromatic rings. The van der Waals surface area contributed by atoms with Crippen molar-refractivity contribution in [2.75, 3.05) is 25.0 Å². The highest BCUT2D eigenvalue weighted by molar-refractivity contribution is 5.94. The first-order valence-corrected chi connectivity index (χ1v) is 11.7. The number of anilines is 1. The van der Waals surface area contributed by atoms with E-state index in [1.165, 1.54) is 17.6 Å². The molecule has 9 nitrogen and oxygen atoms in total. The molecule has 184 valence electrons. The van der Waals surface area contributed by atoms with Crippen molar-refractivity contribution in [1.29, 1.82) is 0 Å². The van der Waals surface area contributed by atoms with Crippen molar-refractivity contribution in [3.8, 4) is 5.69 Å². The molecule has 9 heteroatoms. The van der Waals surface area contributed by atoms with Gasteiger partial charge in [-0.2, -0.15) is 4.98 Å². The molecule has 2 heterocycles. The number of hydrogen-bond acceptors (Lipinski definition) is 6. The summed E-state index contributed by atoms with van der Waals surface area (Å²) < 4.78 is 1.50. The maximum atomic E-state index is 12.8. The van der Waals surface area contributed by atoms with Crippen LogP contribution in [0.4, 0.5) is 5.95 Å². The number of fused-ring (bicyclic) bond motifs is 1. The van der Waals surface area contributed by atoms with E-state index >= 15 is 0 Å². The van der Waals surface area contributed by atoms with Gasteiger partial charge in [0, 0.05) is 43.6 Å². The SMILES string of the molecule is CC(=O)NCCNc1nc(C)c2ccc(=O)n(-c3ccc(C(=O)NCCc4ccccc4)cc3)c2n1. The molecule has 0 unspecified atom stereocenters. The van der Waals surface area contributed by atoms with Gasteiger partial charge in [-0.1, -0.05) is 30.3 Å². The standard InChI is InChI=1S/C27H28N6O3/c1-18-23-12-13-24(35)33(25(23)32-27(31-18)30-17-16-28-19(2)34)22-10-8-21(9-11-22)26(36)29-15-14-20-6-4-3-5-7-20/h3-13H,14-17H2,1-2H3,(H,28,34)(H,29,36)(H,30,31,32). The number of nitrogens with one attached hydrogen (secondary N) is 3. The minimum Gasteiger partial charge on any atom is -0.355 e. The molecule has 3 N–H and O–H groups in total. The van der Waals surface area contributed by atoms with E-state index in [-0.39, 0.29) is 17.4 Å². The fraction of sp³-hybridized carbons (Fsp3) is 0.222. The number of aromatic nitrogens is 3. The van der Waals surface area contributed by atoms with Crippen LogP contribution < -0.4 is 21.5 Å². The van der Waals surface area contributed by atoms with E-state index in [2.05, 4.69) is 25.9 Å². The van der Waals surface area contributed by atoms with Gasteiger partial charge in [0.05, 0.1) is 11.4 Å². The maximum Gasteiger partial charge on any atom is 0.256 e. The maximum absolute atomic E-state index is 12.8. The van der Waals surface area contributed by atoms with Gasteiger partial charge in [-0.05, 0) is 49.2 Å². The Hall–Kier alpha value is -4.53. The molecule has 4 rings (SSSR count). The van der Waals surface area contributed by atoms with Crippen LogP contribution in [-0.2, 0) is 11.2 Å². The topological polar surface area (TPSA) is 118 Å². The summed E-state index contributed by atoms with van der Waals surface area (Å²) in [5, 5.41) is 9.46. The molecular formula is C27H28N6O3. The van der Waals surface area contributed by atoms with Crippen LogP contribution in [0.3, 0.4) is 0 Å². The summed E-state index contributed by atoms with van der Waals surface area (Å²) in [6.45, 7) is 4.69. The smallest absolute Gasteiger partial charge is 0.256 e. The van der Waals surface area contributed by atoms with E-state index in [4.69, 9.17) is 0 Å². The molecule has 0 saturated carbocycles. The predicted octanol–water partition coefficient (Wildman–Crippen LogP) is 2.61. The third-order valence-corrected chi connectivity index (χ3v) is 5.65. The fourth-order valence-corrected chi connectivity index (χ4v) is 3.84. The molecule has 36 heavy (non-hydrogen) atoms. The minimum atomic E-state index is -0.246. The van der Waals surface area contributed by atoms with Crippen molar-refractivity contribution in [3.05, 3.63) is 93.9 Å². The van der Waals surface area contributed by atoms with Crippen LogP contribution in [-0.4, -0.2) is 46.0 Å². The first kappa shape index (κ1) is 24.6. The molecule has 0 fully saturated rings. The number of nitrogens with zero attached hydrogens (tertiary/aromatic N) is 3. The lowest BCUT2D eigenvalue weighted by Gasteiger charge is -2.13. The first-order chi connectivity index (χ1) is 17.4. The number of carbonyl (C=O) groups is 2. The molecule has 0 bridgehead atoms. The van der Waals surface area contributed by atoms with Gasteiger partial charge in [-0.25, -0.2) is 4.98 Å². The number of amides is 2. The second kappa shape index (κ2) is 11.3. The lowest BCUT2D eigenvalue weighted by Crippen LogP contribution is -2.27. The molecule has 0 spiro atoms. The van der Waals surface area contributed by atoms with Gasteiger partial charge in [0.1, 0.15) is 0 Å². The van der Waals surface area contributed by atoms with E-state index in [9.17, 15) is 14.4 Å². The highest BCUT2D eigenvalue weighted by atomic mass is 16.2. The monoisotopic (exact) mass is 484 g/mol. The molecule has 0 aliphatic carbocycles. The number of aryl methyl sites for hydroxylation is 1. The average molecular weight is 485 g/mol. The summed E-state index contributed by atoms with van der Waals surface area (Å²) in [4.78, 5) is 45.5. The zero-order valence-corrected chi connectivity index (χ0v) is 20.2.